The molecule has 1 N–H and O–H groups in total. The predicted molar refractivity (Wildman–Crippen MR) is 62.6 cm³/mol. The maximum absolute atomic E-state index is 11.7. The van der Waals surface area contributed by atoms with Gasteiger partial charge in [-0.3, -0.25) is 4.79 Å². The standard InChI is InChI=1S/C13H13NO3/c1-2-7-14-12(15)11-8-9-5-3-4-6-10(9)13(16)17-11/h2-6,11H,1,7-8H2,(H,14,15). The number of esters is 1. The van der Waals surface area contributed by atoms with E-state index in [1.54, 1.807) is 18.2 Å². The third-order valence-corrected chi connectivity index (χ3v) is 2.60. The number of fused-ring (bicyclic) bond motifs is 1. The van der Waals surface area contributed by atoms with Gasteiger partial charge < -0.3 is 10.1 Å². The van der Waals surface area contributed by atoms with E-state index < -0.39 is 12.1 Å². The van der Waals surface area contributed by atoms with Gasteiger partial charge in [-0.25, -0.2) is 4.79 Å². The number of cyclic esters (lactones) is 1. The fourth-order valence-electron chi connectivity index (χ4n) is 1.76. The van der Waals surface area contributed by atoms with Crippen molar-refractivity contribution in [3.63, 3.8) is 0 Å². The van der Waals surface area contributed by atoms with E-state index in [1.807, 2.05) is 12.1 Å². The molecule has 4 heteroatoms. The number of nitrogens with one attached hydrogen (secondary N) is 1. The molecule has 17 heavy (non-hydrogen) atoms. The SMILES string of the molecule is C=CCNC(=O)C1Cc2ccccc2C(=O)O1. The number of benzene rings is 1. The summed E-state index contributed by atoms with van der Waals surface area (Å²) in [6.07, 6.45) is 1.26. The Bertz CT molecular complexity index is 467. The fraction of sp³-hybridized carbons (Fsp3) is 0.231. The molecule has 1 unspecified atom stereocenters. The summed E-state index contributed by atoms with van der Waals surface area (Å²) >= 11 is 0. The lowest BCUT2D eigenvalue weighted by Gasteiger charge is -2.23. The highest BCUT2D eigenvalue weighted by molar-refractivity contribution is 5.95. The van der Waals surface area contributed by atoms with Crippen LogP contribution >= 0.6 is 0 Å². The summed E-state index contributed by atoms with van der Waals surface area (Å²) in [4.78, 5) is 23.3. The van der Waals surface area contributed by atoms with Gasteiger partial charge in [0.2, 0.25) is 0 Å². The first kappa shape index (κ1) is 11.4. The molecule has 0 spiro atoms. The predicted octanol–water partition coefficient (Wildman–Crippen LogP) is 1.07. The molecule has 1 aromatic rings. The molecule has 0 aliphatic carbocycles. The van der Waals surface area contributed by atoms with Gasteiger partial charge in [0.05, 0.1) is 5.56 Å². The summed E-state index contributed by atoms with van der Waals surface area (Å²) in [5, 5.41) is 2.62. The van der Waals surface area contributed by atoms with Gasteiger partial charge in [0.1, 0.15) is 0 Å². The van der Waals surface area contributed by atoms with Crippen LogP contribution in [0, 0.1) is 0 Å². The highest BCUT2D eigenvalue weighted by Crippen LogP contribution is 2.20. The minimum atomic E-state index is -0.739. The second kappa shape index (κ2) is 4.82. The molecule has 0 fully saturated rings. The van der Waals surface area contributed by atoms with E-state index in [0.29, 0.717) is 18.5 Å². The van der Waals surface area contributed by atoms with E-state index in [-0.39, 0.29) is 5.91 Å². The Hall–Kier alpha value is -2.10. The largest absolute Gasteiger partial charge is 0.448 e. The van der Waals surface area contributed by atoms with Crippen molar-refractivity contribution in [1.82, 2.24) is 5.32 Å². The number of ether oxygens (including phenoxy) is 1. The molecular weight excluding hydrogens is 218 g/mol. The first-order chi connectivity index (χ1) is 8.22. The zero-order valence-corrected chi connectivity index (χ0v) is 9.31. The quantitative estimate of drug-likeness (QED) is 0.625. The highest BCUT2D eigenvalue weighted by Gasteiger charge is 2.30. The van der Waals surface area contributed by atoms with Crippen molar-refractivity contribution in [2.45, 2.75) is 12.5 Å². The van der Waals surface area contributed by atoms with Crippen LogP contribution in [0.2, 0.25) is 0 Å². The average Bonchev–Trinajstić information content (AvgIpc) is 2.36. The lowest BCUT2D eigenvalue weighted by molar-refractivity contribution is -0.130. The van der Waals surface area contributed by atoms with Gasteiger partial charge in [-0.2, -0.15) is 0 Å². The van der Waals surface area contributed by atoms with Gasteiger partial charge >= 0.3 is 5.97 Å². The smallest absolute Gasteiger partial charge is 0.339 e. The van der Waals surface area contributed by atoms with Crippen LogP contribution in [0.25, 0.3) is 0 Å². The van der Waals surface area contributed by atoms with E-state index in [9.17, 15) is 9.59 Å². The first-order valence-electron chi connectivity index (χ1n) is 5.40. The fourth-order valence-corrected chi connectivity index (χ4v) is 1.76. The van der Waals surface area contributed by atoms with E-state index in [2.05, 4.69) is 11.9 Å². The Balaban J connectivity index is 2.14. The summed E-state index contributed by atoms with van der Waals surface area (Å²) in [5.74, 6) is -0.724. The van der Waals surface area contributed by atoms with Crippen molar-refractivity contribution in [3.8, 4) is 0 Å². The van der Waals surface area contributed by atoms with Crippen molar-refractivity contribution in [2.24, 2.45) is 0 Å². The third kappa shape index (κ3) is 2.36. The molecule has 0 bridgehead atoms. The molecule has 1 heterocycles. The lowest BCUT2D eigenvalue weighted by Crippen LogP contribution is -2.41. The molecule has 0 saturated heterocycles. The molecular formula is C13H13NO3. The third-order valence-electron chi connectivity index (χ3n) is 2.60. The molecule has 1 amide bonds. The van der Waals surface area contributed by atoms with Crippen molar-refractivity contribution in [1.29, 1.82) is 0 Å². The van der Waals surface area contributed by atoms with Crippen LogP contribution in [-0.4, -0.2) is 24.5 Å². The van der Waals surface area contributed by atoms with Crippen molar-refractivity contribution in [3.05, 3.63) is 48.0 Å². The summed E-state index contributed by atoms with van der Waals surface area (Å²) in [7, 11) is 0. The number of carbonyl (C=O) groups is 2. The molecule has 0 aromatic heterocycles. The van der Waals surface area contributed by atoms with Gasteiger partial charge in [0.25, 0.3) is 5.91 Å². The molecule has 88 valence electrons. The molecule has 1 aliphatic rings. The van der Waals surface area contributed by atoms with E-state index in [0.717, 1.165) is 5.56 Å². The molecule has 1 atom stereocenters. The Morgan fingerprint density at radius 3 is 3.06 bits per heavy atom. The average molecular weight is 231 g/mol. The number of hydrogen-bond donors (Lipinski definition) is 1. The monoisotopic (exact) mass is 231 g/mol. The second-order valence-corrected chi connectivity index (χ2v) is 3.79. The van der Waals surface area contributed by atoms with Crippen LogP contribution in [0.5, 0.6) is 0 Å². The van der Waals surface area contributed by atoms with Gasteiger partial charge in [-0.15, -0.1) is 6.58 Å². The van der Waals surface area contributed by atoms with Crippen LogP contribution in [0.1, 0.15) is 15.9 Å². The second-order valence-electron chi connectivity index (χ2n) is 3.79. The van der Waals surface area contributed by atoms with E-state index in [1.165, 1.54) is 0 Å². The van der Waals surface area contributed by atoms with Gasteiger partial charge in [0.15, 0.2) is 6.10 Å². The van der Waals surface area contributed by atoms with Gasteiger partial charge in [-0.05, 0) is 11.6 Å². The maximum atomic E-state index is 11.7. The van der Waals surface area contributed by atoms with Crippen molar-refractivity contribution >= 4 is 11.9 Å². The molecule has 1 aromatic carbocycles. The summed E-state index contributed by atoms with van der Waals surface area (Å²) in [6, 6.07) is 7.16. The lowest BCUT2D eigenvalue weighted by atomic mass is 9.98. The molecule has 1 aliphatic heterocycles. The normalized spacial score (nSPS) is 17.9. The van der Waals surface area contributed by atoms with Gasteiger partial charge in [-0.1, -0.05) is 24.3 Å². The molecule has 4 nitrogen and oxygen atoms in total. The summed E-state index contributed by atoms with van der Waals surface area (Å²) in [6.45, 7) is 3.88. The Morgan fingerprint density at radius 1 is 1.53 bits per heavy atom. The van der Waals surface area contributed by atoms with E-state index in [4.69, 9.17) is 4.74 Å². The molecule has 2 rings (SSSR count). The first-order valence-corrected chi connectivity index (χ1v) is 5.40. The Morgan fingerprint density at radius 2 is 2.29 bits per heavy atom. The van der Waals surface area contributed by atoms with Crippen molar-refractivity contribution < 1.29 is 14.3 Å². The van der Waals surface area contributed by atoms with Crippen LogP contribution < -0.4 is 5.32 Å². The van der Waals surface area contributed by atoms with Crippen LogP contribution in [-0.2, 0) is 16.0 Å². The highest BCUT2D eigenvalue weighted by atomic mass is 16.5. The number of hydrogen-bond acceptors (Lipinski definition) is 3. The molecule has 0 saturated carbocycles. The van der Waals surface area contributed by atoms with Crippen LogP contribution in [0.4, 0.5) is 0 Å². The molecule has 0 radical (unpaired) electrons. The minimum absolute atomic E-state index is 0.284. The zero-order valence-electron chi connectivity index (χ0n) is 9.31. The van der Waals surface area contributed by atoms with E-state index >= 15 is 0 Å². The minimum Gasteiger partial charge on any atom is -0.448 e. The number of rotatable bonds is 3. The van der Waals surface area contributed by atoms with Crippen LogP contribution in [0.3, 0.4) is 0 Å². The maximum Gasteiger partial charge on any atom is 0.339 e. The van der Waals surface area contributed by atoms with Gasteiger partial charge in [0, 0.05) is 13.0 Å². The summed E-state index contributed by atoms with van der Waals surface area (Å²) in [5.41, 5.74) is 1.39. The number of carbonyl (C=O) groups excluding carboxylic acids is 2. The summed E-state index contributed by atoms with van der Waals surface area (Å²) < 4.78 is 5.09. The zero-order chi connectivity index (χ0) is 12.3. The van der Waals surface area contributed by atoms with Crippen LogP contribution in [0.15, 0.2) is 36.9 Å². The Kier molecular flexibility index (Phi) is 3.23. The van der Waals surface area contributed by atoms with Crippen molar-refractivity contribution in [2.75, 3.05) is 6.54 Å². The number of amides is 1. The Labute approximate surface area is 99.3 Å². The topological polar surface area (TPSA) is 55.4 Å².